The minimum Gasteiger partial charge on any atom is -0.353 e. The van der Waals surface area contributed by atoms with Crippen molar-refractivity contribution in [2.75, 3.05) is 20.1 Å². The van der Waals surface area contributed by atoms with Gasteiger partial charge in [0.15, 0.2) is 0 Å². The predicted octanol–water partition coefficient (Wildman–Crippen LogP) is 2.41. The molecule has 1 heterocycles. The summed E-state index contributed by atoms with van der Waals surface area (Å²) in [7, 11) is 1.77. The maximum atomic E-state index is 12.5. The number of carbonyl (C=O) groups is 2. The van der Waals surface area contributed by atoms with E-state index >= 15 is 0 Å². The molecule has 1 aromatic heterocycles. The second-order valence-electron chi connectivity index (χ2n) is 6.32. The molecule has 1 aromatic carbocycles. The van der Waals surface area contributed by atoms with Gasteiger partial charge in [-0.05, 0) is 37.9 Å². The van der Waals surface area contributed by atoms with Crippen molar-refractivity contribution in [3.05, 3.63) is 58.3 Å². The summed E-state index contributed by atoms with van der Waals surface area (Å²) in [5.41, 5.74) is 1.04. The minimum absolute atomic E-state index is 0.0804. The summed E-state index contributed by atoms with van der Waals surface area (Å²) in [5, 5.41) is 7.90. The van der Waals surface area contributed by atoms with Crippen LogP contribution in [-0.4, -0.2) is 42.9 Å². The quantitative estimate of drug-likeness (QED) is 0.761. The van der Waals surface area contributed by atoms with E-state index in [1.54, 1.807) is 23.3 Å². The topological polar surface area (TPSA) is 61.4 Å². The summed E-state index contributed by atoms with van der Waals surface area (Å²) in [6.07, 6.45) is 0. The molecule has 25 heavy (non-hydrogen) atoms. The molecule has 2 amide bonds. The van der Waals surface area contributed by atoms with Gasteiger partial charge in [-0.15, -0.1) is 11.3 Å². The van der Waals surface area contributed by atoms with Crippen molar-refractivity contribution < 1.29 is 9.59 Å². The van der Waals surface area contributed by atoms with Crippen molar-refractivity contribution in [3.63, 3.8) is 0 Å². The highest BCUT2D eigenvalue weighted by Gasteiger charge is 2.19. The number of rotatable bonds is 8. The zero-order valence-electron chi connectivity index (χ0n) is 14.9. The van der Waals surface area contributed by atoms with Crippen molar-refractivity contribution >= 4 is 23.2 Å². The van der Waals surface area contributed by atoms with Crippen molar-refractivity contribution in [2.45, 2.75) is 25.9 Å². The van der Waals surface area contributed by atoms with Gasteiger partial charge in [-0.2, -0.15) is 0 Å². The van der Waals surface area contributed by atoms with E-state index in [0.29, 0.717) is 0 Å². The Balaban J connectivity index is 1.97. The first-order chi connectivity index (χ1) is 12.0. The Morgan fingerprint density at radius 2 is 1.64 bits per heavy atom. The summed E-state index contributed by atoms with van der Waals surface area (Å²) in [4.78, 5) is 27.0. The molecule has 134 valence electrons. The Hall–Kier alpha value is -2.18. The van der Waals surface area contributed by atoms with Crippen LogP contribution in [0.1, 0.15) is 30.3 Å². The first-order valence-corrected chi connectivity index (χ1v) is 9.19. The third-order valence-electron chi connectivity index (χ3n) is 3.54. The molecule has 0 fully saturated rings. The van der Waals surface area contributed by atoms with Gasteiger partial charge in [0.1, 0.15) is 0 Å². The fraction of sp³-hybridized carbons (Fsp3) is 0.368. The van der Waals surface area contributed by atoms with Crippen LogP contribution in [0, 0.1) is 0 Å². The number of hydrogen-bond acceptors (Lipinski definition) is 4. The van der Waals surface area contributed by atoms with Gasteiger partial charge in [-0.25, -0.2) is 0 Å². The lowest BCUT2D eigenvalue weighted by molar-refractivity contribution is -0.125. The first kappa shape index (κ1) is 19.1. The SMILES string of the molecule is CC(C)NC(=O)CN(C)CC(=O)N[C@H](c1ccccc1)c1cccs1. The monoisotopic (exact) mass is 359 g/mol. The maximum absolute atomic E-state index is 12.5. The molecule has 2 N–H and O–H groups in total. The van der Waals surface area contributed by atoms with E-state index in [1.165, 1.54) is 0 Å². The van der Waals surface area contributed by atoms with Crippen LogP contribution in [0.4, 0.5) is 0 Å². The summed E-state index contributed by atoms with van der Waals surface area (Å²) >= 11 is 1.61. The number of thiophene rings is 1. The maximum Gasteiger partial charge on any atom is 0.234 e. The normalized spacial score (nSPS) is 12.2. The lowest BCUT2D eigenvalue weighted by Crippen LogP contribution is -2.43. The van der Waals surface area contributed by atoms with Gasteiger partial charge in [-0.3, -0.25) is 14.5 Å². The molecule has 0 unspecified atom stereocenters. The molecule has 0 saturated heterocycles. The average Bonchev–Trinajstić information content (AvgIpc) is 3.06. The Kier molecular flexibility index (Phi) is 7.16. The number of likely N-dealkylation sites (N-methyl/N-ethyl adjacent to an activating group) is 1. The van der Waals surface area contributed by atoms with Gasteiger partial charge >= 0.3 is 0 Å². The lowest BCUT2D eigenvalue weighted by Gasteiger charge is -2.21. The van der Waals surface area contributed by atoms with Crippen LogP contribution in [0.2, 0.25) is 0 Å². The second-order valence-corrected chi connectivity index (χ2v) is 7.30. The third-order valence-corrected chi connectivity index (χ3v) is 4.48. The number of hydrogen-bond donors (Lipinski definition) is 2. The number of amides is 2. The summed E-state index contributed by atoms with van der Waals surface area (Å²) in [5.74, 6) is -0.190. The number of nitrogens with one attached hydrogen (secondary N) is 2. The van der Waals surface area contributed by atoms with Gasteiger partial charge in [0.2, 0.25) is 11.8 Å². The molecule has 2 rings (SSSR count). The third kappa shape index (κ3) is 6.32. The van der Waals surface area contributed by atoms with Crippen LogP contribution in [0.3, 0.4) is 0 Å². The van der Waals surface area contributed by atoms with Crippen LogP contribution in [0.25, 0.3) is 0 Å². The fourth-order valence-electron chi connectivity index (χ4n) is 2.54. The van der Waals surface area contributed by atoms with E-state index in [4.69, 9.17) is 0 Å². The zero-order chi connectivity index (χ0) is 18.2. The van der Waals surface area contributed by atoms with Gasteiger partial charge in [-0.1, -0.05) is 36.4 Å². The molecule has 1 atom stereocenters. The molecular weight excluding hydrogens is 334 g/mol. The largest absolute Gasteiger partial charge is 0.353 e. The molecule has 5 nitrogen and oxygen atoms in total. The summed E-state index contributed by atoms with van der Waals surface area (Å²) < 4.78 is 0. The van der Waals surface area contributed by atoms with Crippen molar-refractivity contribution in [2.24, 2.45) is 0 Å². The highest BCUT2D eigenvalue weighted by atomic mass is 32.1. The van der Waals surface area contributed by atoms with Gasteiger partial charge in [0, 0.05) is 10.9 Å². The van der Waals surface area contributed by atoms with Gasteiger partial charge in [0.25, 0.3) is 0 Å². The highest BCUT2D eigenvalue weighted by molar-refractivity contribution is 7.10. The highest BCUT2D eigenvalue weighted by Crippen LogP contribution is 2.25. The molecule has 6 heteroatoms. The molecule has 0 bridgehead atoms. The molecule has 0 aliphatic carbocycles. The second kappa shape index (κ2) is 9.34. The Morgan fingerprint density at radius 1 is 1.00 bits per heavy atom. The van der Waals surface area contributed by atoms with E-state index in [2.05, 4.69) is 10.6 Å². The molecule has 0 radical (unpaired) electrons. The van der Waals surface area contributed by atoms with Crippen LogP contribution in [0.5, 0.6) is 0 Å². The Labute approximate surface area is 153 Å². The molecule has 0 saturated carbocycles. The van der Waals surface area contributed by atoms with Crippen molar-refractivity contribution in [1.82, 2.24) is 15.5 Å². The van der Waals surface area contributed by atoms with Crippen LogP contribution >= 0.6 is 11.3 Å². The van der Waals surface area contributed by atoms with E-state index in [9.17, 15) is 9.59 Å². The van der Waals surface area contributed by atoms with E-state index < -0.39 is 0 Å². The molecule has 2 aromatic rings. The van der Waals surface area contributed by atoms with Crippen LogP contribution in [-0.2, 0) is 9.59 Å². The Morgan fingerprint density at radius 3 is 2.20 bits per heavy atom. The zero-order valence-corrected chi connectivity index (χ0v) is 15.7. The number of nitrogens with zero attached hydrogens (tertiary/aromatic N) is 1. The van der Waals surface area contributed by atoms with E-state index in [0.717, 1.165) is 10.4 Å². The molecule has 0 aliphatic heterocycles. The smallest absolute Gasteiger partial charge is 0.234 e. The Bertz CT molecular complexity index is 671. The molecule has 0 spiro atoms. The number of carbonyl (C=O) groups excluding carboxylic acids is 2. The number of benzene rings is 1. The van der Waals surface area contributed by atoms with Crippen molar-refractivity contribution in [1.29, 1.82) is 0 Å². The van der Waals surface area contributed by atoms with Gasteiger partial charge < -0.3 is 10.6 Å². The average molecular weight is 359 g/mol. The fourth-order valence-corrected chi connectivity index (χ4v) is 3.34. The molecule has 0 aliphatic rings. The van der Waals surface area contributed by atoms with E-state index in [1.807, 2.05) is 61.7 Å². The van der Waals surface area contributed by atoms with Crippen molar-refractivity contribution in [3.8, 4) is 0 Å². The minimum atomic E-state index is -0.174. The summed E-state index contributed by atoms with van der Waals surface area (Å²) in [6, 6.07) is 13.8. The first-order valence-electron chi connectivity index (χ1n) is 8.31. The van der Waals surface area contributed by atoms with Gasteiger partial charge in [0.05, 0.1) is 19.1 Å². The van der Waals surface area contributed by atoms with E-state index in [-0.39, 0.29) is 37.0 Å². The van der Waals surface area contributed by atoms with Crippen LogP contribution < -0.4 is 10.6 Å². The lowest BCUT2D eigenvalue weighted by atomic mass is 10.1. The van der Waals surface area contributed by atoms with Crippen LogP contribution in [0.15, 0.2) is 47.8 Å². The molecular formula is C19H25N3O2S. The predicted molar refractivity (Wildman–Crippen MR) is 102 cm³/mol. The summed E-state index contributed by atoms with van der Waals surface area (Å²) in [6.45, 7) is 4.19. The standard InChI is InChI=1S/C19H25N3O2S/c1-14(2)20-17(23)12-22(3)13-18(24)21-19(16-10-7-11-25-16)15-8-5-4-6-9-15/h4-11,14,19H,12-13H2,1-3H3,(H,20,23)(H,21,24)/t19-/m1/s1.